The molecule has 1 aliphatic rings. The molecular formula is C15H21Cl2N. The molecule has 0 saturated heterocycles. The van der Waals surface area contributed by atoms with Gasteiger partial charge in [-0.25, -0.2) is 0 Å². The number of hydrogen-bond acceptors (Lipinski definition) is 1. The second-order valence-electron chi connectivity index (χ2n) is 5.28. The van der Waals surface area contributed by atoms with Crippen molar-refractivity contribution < 1.29 is 0 Å². The molecule has 1 nitrogen and oxygen atoms in total. The Morgan fingerprint density at radius 1 is 1.28 bits per heavy atom. The molecule has 3 heteroatoms. The van der Waals surface area contributed by atoms with E-state index in [1.807, 2.05) is 12.1 Å². The maximum absolute atomic E-state index is 6.07. The Labute approximate surface area is 120 Å². The van der Waals surface area contributed by atoms with E-state index in [-0.39, 0.29) is 0 Å². The predicted molar refractivity (Wildman–Crippen MR) is 79.6 cm³/mol. The van der Waals surface area contributed by atoms with Gasteiger partial charge < -0.3 is 5.32 Å². The molecule has 0 amide bonds. The molecule has 1 saturated carbocycles. The molecule has 1 fully saturated rings. The molecule has 1 N–H and O–H groups in total. The van der Waals surface area contributed by atoms with Gasteiger partial charge in [-0.05, 0) is 49.4 Å². The molecule has 0 aromatic heterocycles. The average molecular weight is 286 g/mol. The Morgan fingerprint density at radius 2 is 2.06 bits per heavy atom. The minimum absolute atomic E-state index is 0.578. The molecule has 0 spiro atoms. The minimum Gasteiger partial charge on any atom is -0.314 e. The third-order valence-electron chi connectivity index (χ3n) is 3.46. The van der Waals surface area contributed by atoms with Gasteiger partial charge in [-0.1, -0.05) is 49.0 Å². The Kier molecular flexibility index (Phi) is 5.35. The summed E-state index contributed by atoms with van der Waals surface area (Å²) in [5, 5.41) is 4.95. The lowest BCUT2D eigenvalue weighted by Crippen LogP contribution is -2.32. The van der Waals surface area contributed by atoms with Gasteiger partial charge in [0.2, 0.25) is 0 Å². The third kappa shape index (κ3) is 4.46. The molecular weight excluding hydrogens is 265 g/mol. The monoisotopic (exact) mass is 285 g/mol. The zero-order valence-electron chi connectivity index (χ0n) is 10.9. The van der Waals surface area contributed by atoms with Crippen LogP contribution in [0.15, 0.2) is 18.2 Å². The first-order chi connectivity index (χ1) is 8.69. The molecule has 100 valence electrons. The lowest BCUT2D eigenvalue weighted by Gasteiger charge is -2.18. The maximum Gasteiger partial charge on any atom is 0.0595 e. The molecule has 1 atom stereocenters. The summed E-state index contributed by atoms with van der Waals surface area (Å²) in [6, 6.07) is 6.56. The standard InChI is InChI=1S/C15H21Cl2N/c1-2-7-18-13(8-11-3-4-11)9-12-5-6-14(16)15(17)10-12/h5-6,10-11,13,18H,2-4,7-9H2,1H3. The molecule has 0 heterocycles. The van der Waals surface area contributed by atoms with Crippen molar-refractivity contribution in [1.82, 2.24) is 5.32 Å². The van der Waals surface area contributed by atoms with Crippen LogP contribution in [-0.2, 0) is 6.42 Å². The first-order valence-corrected chi connectivity index (χ1v) is 7.62. The first-order valence-electron chi connectivity index (χ1n) is 6.86. The number of benzene rings is 1. The van der Waals surface area contributed by atoms with Gasteiger partial charge in [-0.2, -0.15) is 0 Å². The molecule has 0 bridgehead atoms. The van der Waals surface area contributed by atoms with E-state index in [9.17, 15) is 0 Å². The number of hydrogen-bond donors (Lipinski definition) is 1. The van der Waals surface area contributed by atoms with Crippen LogP contribution in [-0.4, -0.2) is 12.6 Å². The summed E-state index contributed by atoms with van der Waals surface area (Å²) < 4.78 is 0. The highest BCUT2D eigenvalue weighted by atomic mass is 35.5. The summed E-state index contributed by atoms with van der Waals surface area (Å²) in [6.07, 6.45) is 6.34. The van der Waals surface area contributed by atoms with E-state index in [1.54, 1.807) is 0 Å². The van der Waals surface area contributed by atoms with E-state index in [0.717, 1.165) is 18.9 Å². The highest BCUT2D eigenvalue weighted by molar-refractivity contribution is 6.42. The van der Waals surface area contributed by atoms with E-state index in [0.29, 0.717) is 16.1 Å². The summed E-state index contributed by atoms with van der Waals surface area (Å²) in [4.78, 5) is 0. The Hall–Kier alpha value is -0.240. The van der Waals surface area contributed by atoms with Gasteiger partial charge in [0.25, 0.3) is 0 Å². The molecule has 1 aromatic carbocycles. The predicted octanol–water partition coefficient (Wildman–Crippen LogP) is 4.70. The fourth-order valence-electron chi connectivity index (χ4n) is 2.29. The second-order valence-corrected chi connectivity index (χ2v) is 6.10. The fraction of sp³-hybridized carbons (Fsp3) is 0.600. The summed E-state index contributed by atoms with van der Waals surface area (Å²) in [5.74, 6) is 0.946. The van der Waals surface area contributed by atoms with Crippen LogP contribution in [0.2, 0.25) is 10.0 Å². The minimum atomic E-state index is 0.578. The van der Waals surface area contributed by atoms with E-state index >= 15 is 0 Å². The molecule has 18 heavy (non-hydrogen) atoms. The largest absolute Gasteiger partial charge is 0.314 e. The smallest absolute Gasteiger partial charge is 0.0595 e. The summed E-state index contributed by atoms with van der Waals surface area (Å²) >= 11 is 12.0. The third-order valence-corrected chi connectivity index (χ3v) is 4.20. The van der Waals surface area contributed by atoms with Gasteiger partial charge in [0.15, 0.2) is 0 Å². The Morgan fingerprint density at radius 3 is 2.67 bits per heavy atom. The van der Waals surface area contributed by atoms with Crippen molar-refractivity contribution in [2.75, 3.05) is 6.54 Å². The van der Waals surface area contributed by atoms with Crippen LogP contribution in [0.3, 0.4) is 0 Å². The van der Waals surface area contributed by atoms with Crippen LogP contribution >= 0.6 is 23.2 Å². The van der Waals surface area contributed by atoms with Crippen molar-refractivity contribution in [3.05, 3.63) is 33.8 Å². The fourth-order valence-corrected chi connectivity index (χ4v) is 2.62. The molecule has 1 aromatic rings. The quantitative estimate of drug-likeness (QED) is 0.765. The van der Waals surface area contributed by atoms with Crippen LogP contribution in [0.1, 0.15) is 38.2 Å². The Bertz CT molecular complexity index is 388. The topological polar surface area (TPSA) is 12.0 Å². The summed E-state index contributed by atoms with van der Waals surface area (Å²) in [6.45, 7) is 3.30. The van der Waals surface area contributed by atoms with Crippen molar-refractivity contribution in [2.45, 2.75) is 45.1 Å². The molecule has 1 unspecified atom stereocenters. The van der Waals surface area contributed by atoms with Crippen molar-refractivity contribution in [3.63, 3.8) is 0 Å². The highest BCUT2D eigenvalue weighted by Crippen LogP contribution is 2.34. The van der Waals surface area contributed by atoms with Crippen molar-refractivity contribution in [2.24, 2.45) is 5.92 Å². The van der Waals surface area contributed by atoms with Crippen LogP contribution in [0, 0.1) is 5.92 Å². The SMILES string of the molecule is CCCNC(Cc1ccc(Cl)c(Cl)c1)CC1CC1. The second kappa shape index (κ2) is 6.79. The van der Waals surface area contributed by atoms with Gasteiger partial charge >= 0.3 is 0 Å². The van der Waals surface area contributed by atoms with Crippen LogP contribution in [0.5, 0.6) is 0 Å². The molecule has 0 radical (unpaired) electrons. The lowest BCUT2D eigenvalue weighted by atomic mass is 10.0. The van der Waals surface area contributed by atoms with Gasteiger partial charge in [-0.3, -0.25) is 0 Å². The van der Waals surface area contributed by atoms with Crippen LogP contribution < -0.4 is 5.32 Å². The molecule has 0 aliphatic heterocycles. The van der Waals surface area contributed by atoms with Gasteiger partial charge in [0.1, 0.15) is 0 Å². The van der Waals surface area contributed by atoms with E-state index in [1.165, 1.54) is 31.2 Å². The first kappa shape index (κ1) is 14.2. The van der Waals surface area contributed by atoms with Crippen LogP contribution in [0.4, 0.5) is 0 Å². The molecule has 1 aliphatic carbocycles. The maximum atomic E-state index is 6.07. The number of nitrogens with one attached hydrogen (secondary N) is 1. The average Bonchev–Trinajstić information content (AvgIpc) is 3.15. The van der Waals surface area contributed by atoms with Crippen molar-refractivity contribution >= 4 is 23.2 Å². The van der Waals surface area contributed by atoms with Gasteiger partial charge in [0.05, 0.1) is 10.0 Å². The highest BCUT2D eigenvalue weighted by Gasteiger charge is 2.25. The van der Waals surface area contributed by atoms with Crippen LogP contribution in [0.25, 0.3) is 0 Å². The zero-order chi connectivity index (χ0) is 13.0. The normalized spacial score (nSPS) is 16.8. The summed E-state index contributed by atoms with van der Waals surface area (Å²) in [5.41, 5.74) is 1.28. The number of rotatable bonds is 7. The van der Waals surface area contributed by atoms with Gasteiger partial charge in [-0.15, -0.1) is 0 Å². The van der Waals surface area contributed by atoms with Gasteiger partial charge in [0, 0.05) is 6.04 Å². The molecule has 2 rings (SSSR count). The summed E-state index contributed by atoms with van der Waals surface area (Å²) in [7, 11) is 0. The lowest BCUT2D eigenvalue weighted by molar-refractivity contribution is 0.455. The van der Waals surface area contributed by atoms with E-state index in [4.69, 9.17) is 23.2 Å². The van der Waals surface area contributed by atoms with Crippen molar-refractivity contribution in [3.8, 4) is 0 Å². The van der Waals surface area contributed by atoms with E-state index in [2.05, 4.69) is 18.3 Å². The van der Waals surface area contributed by atoms with E-state index < -0.39 is 0 Å². The van der Waals surface area contributed by atoms with Crippen molar-refractivity contribution in [1.29, 1.82) is 0 Å². The number of halogens is 2. The zero-order valence-corrected chi connectivity index (χ0v) is 12.4. The Balaban J connectivity index is 1.94.